The molecule has 1 aromatic carbocycles. The monoisotopic (exact) mass is 354 g/mol. The minimum absolute atomic E-state index is 0. The Hall–Kier alpha value is -0.720. The van der Waals surface area contributed by atoms with Crippen LogP contribution in [0.3, 0.4) is 0 Å². The van der Waals surface area contributed by atoms with Gasteiger partial charge in [0.25, 0.3) is 5.91 Å². The van der Waals surface area contributed by atoms with Crippen molar-refractivity contribution in [3.8, 4) is 0 Å². The highest BCUT2D eigenvalue weighted by Gasteiger charge is 2.24. The number of halogens is 4. The fourth-order valence-electron chi connectivity index (χ4n) is 1.97. The number of nitrogens with one attached hydrogen (secondary N) is 1. The zero-order valence-corrected chi connectivity index (χ0v) is 12.7. The number of hydrogen-bond donors (Lipinski definition) is 1. The molecular formula is C12H14BrClF2N2O. The van der Waals surface area contributed by atoms with Crippen LogP contribution in [0.1, 0.15) is 17.3 Å². The summed E-state index contributed by atoms with van der Waals surface area (Å²) in [4.78, 5) is 13.8. The average Bonchev–Trinajstić information content (AvgIpc) is 2.33. The molecule has 0 aliphatic carbocycles. The van der Waals surface area contributed by atoms with Crippen LogP contribution >= 0.6 is 28.3 Å². The first-order valence-electron chi connectivity index (χ1n) is 5.66. The predicted molar refractivity (Wildman–Crippen MR) is 74.7 cm³/mol. The fraction of sp³-hybridized carbons (Fsp3) is 0.417. The Morgan fingerprint density at radius 2 is 2.05 bits per heavy atom. The molecule has 1 unspecified atom stereocenters. The molecule has 0 saturated carbocycles. The van der Waals surface area contributed by atoms with E-state index >= 15 is 0 Å². The third-order valence-corrected chi connectivity index (χ3v) is 3.55. The van der Waals surface area contributed by atoms with Gasteiger partial charge in [0, 0.05) is 30.1 Å². The van der Waals surface area contributed by atoms with E-state index in [1.54, 1.807) is 4.90 Å². The van der Waals surface area contributed by atoms with Crippen LogP contribution in [0.2, 0.25) is 0 Å². The van der Waals surface area contributed by atoms with Gasteiger partial charge in [0.05, 0.1) is 5.56 Å². The summed E-state index contributed by atoms with van der Waals surface area (Å²) < 4.78 is 26.4. The fourth-order valence-corrected chi connectivity index (χ4v) is 2.46. The number of nitrogens with zero attached hydrogens (tertiary/aromatic N) is 1. The average molecular weight is 356 g/mol. The zero-order chi connectivity index (χ0) is 13.3. The van der Waals surface area contributed by atoms with E-state index in [0.717, 1.165) is 12.1 Å². The number of hydrogen-bond acceptors (Lipinski definition) is 2. The molecule has 1 atom stereocenters. The molecule has 3 nitrogen and oxygen atoms in total. The molecule has 0 aromatic heterocycles. The van der Waals surface area contributed by atoms with E-state index < -0.39 is 11.6 Å². The molecule has 106 valence electrons. The van der Waals surface area contributed by atoms with Crippen molar-refractivity contribution in [2.75, 3.05) is 19.6 Å². The minimum Gasteiger partial charge on any atom is -0.336 e. The molecule has 1 aliphatic heterocycles. The molecule has 1 saturated heterocycles. The normalized spacial score (nSPS) is 18.9. The van der Waals surface area contributed by atoms with E-state index in [0.29, 0.717) is 19.6 Å². The van der Waals surface area contributed by atoms with Crippen molar-refractivity contribution in [3.63, 3.8) is 0 Å². The van der Waals surface area contributed by atoms with Crippen molar-refractivity contribution >= 4 is 34.2 Å². The summed E-state index contributed by atoms with van der Waals surface area (Å²) in [7, 11) is 0. The molecule has 0 bridgehead atoms. The van der Waals surface area contributed by atoms with Crippen LogP contribution in [0.15, 0.2) is 16.6 Å². The lowest BCUT2D eigenvalue weighted by Gasteiger charge is -2.32. The maximum absolute atomic E-state index is 13.2. The molecule has 1 amide bonds. The van der Waals surface area contributed by atoms with Crippen molar-refractivity contribution in [1.82, 2.24) is 10.2 Å². The van der Waals surface area contributed by atoms with Gasteiger partial charge in [-0.3, -0.25) is 4.79 Å². The van der Waals surface area contributed by atoms with E-state index in [1.807, 2.05) is 6.92 Å². The second-order valence-corrected chi connectivity index (χ2v) is 5.21. The van der Waals surface area contributed by atoms with E-state index in [-0.39, 0.29) is 34.4 Å². The first kappa shape index (κ1) is 16.3. The SMILES string of the molecule is CC1CN(C(=O)c2cc(F)c(F)cc2Br)CCN1.Cl. The summed E-state index contributed by atoms with van der Waals surface area (Å²) in [6, 6.07) is 2.12. The summed E-state index contributed by atoms with van der Waals surface area (Å²) >= 11 is 3.09. The number of carbonyl (C=O) groups excluding carboxylic acids is 1. The summed E-state index contributed by atoms with van der Waals surface area (Å²) in [5.74, 6) is -2.26. The van der Waals surface area contributed by atoms with Gasteiger partial charge in [0.2, 0.25) is 0 Å². The Balaban J connectivity index is 0.00000180. The molecule has 7 heteroatoms. The van der Waals surface area contributed by atoms with Crippen molar-refractivity contribution < 1.29 is 13.6 Å². The standard InChI is InChI=1S/C12H13BrF2N2O.ClH/c1-7-6-17(3-2-16-7)12(18)8-4-10(14)11(15)5-9(8)13;/h4-5,7,16H,2-3,6H2,1H3;1H. The third kappa shape index (κ3) is 3.64. The molecular weight excluding hydrogens is 341 g/mol. The van der Waals surface area contributed by atoms with Crippen LogP contribution in [-0.4, -0.2) is 36.5 Å². The molecule has 1 aromatic rings. The van der Waals surface area contributed by atoms with E-state index in [1.165, 1.54) is 0 Å². The molecule has 19 heavy (non-hydrogen) atoms. The second-order valence-electron chi connectivity index (χ2n) is 4.35. The van der Waals surface area contributed by atoms with E-state index in [9.17, 15) is 13.6 Å². The summed E-state index contributed by atoms with van der Waals surface area (Å²) in [6.45, 7) is 3.80. The largest absolute Gasteiger partial charge is 0.336 e. The van der Waals surface area contributed by atoms with Crippen LogP contribution < -0.4 is 5.32 Å². The van der Waals surface area contributed by atoms with Crippen molar-refractivity contribution in [3.05, 3.63) is 33.8 Å². The van der Waals surface area contributed by atoms with Gasteiger partial charge < -0.3 is 10.2 Å². The second kappa shape index (κ2) is 6.63. The Bertz CT molecular complexity index is 487. The van der Waals surface area contributed by atoms with Crippen LogP contribution in [-0.2, 0) is 0 Å². The Kier molecular flexibility index (Phi) is 5.70. The number of benzene rings is 1. The summed E-state index contributed by atoms with van der Waals surface area (Å²) in [5, 5.41) is 3.21. The van der Waals surface area contributed by atoms with Gasteiger partial charge in [-0.25, -0.2) is 8.78 Å². The maximum atomic E-state index is 13.2. The molecule has 0 radical (unpaired) electrons. The summed E-state index contributed by atoms with van der Waals surface area (Å²) in [5.41, 5.74) is 0.156. The van der Waals surface area contributed by atoms with Gasteiger partial charge >= 0.3 is 0 Å². The van der Waals surface area contributed by atoms with Crippen molar-refractivity contribution in [2.24, 2.45) is 0 Å². The van der Waals surface area contributed by atoms with Gasteiger partial charge in [-0.05, 0) is 35.0 Å². The van der Waals surface area contributed by atoms with E-state index in [2.05, 4.69) is 21.2 Å². The Morgan fingerprint density at radius 3 is 2.68 bits per heavy atom. The van der Waals surface area contributed by atoms with Crippen molar-refractivity contribution in [1.29, 1.82) is 0 Å². The minimum atomic E-state index is -1.01. The first-order valence-corrected chi connectivity index (χ1v) is 6.45. The highest BCUT2D eigenvalue weighted by atomic mass is 79.9. The van der Waals surface area contributed by atoms with Gasteiger partial charge in [-0.2, -0.15) is 0 Å². The van der Waals surface area contributed by atoms with Crippen LogP contribution in [0, 0.1) is 11.6 Å². The van der Waals surface area contributed by atoms with Crippen LogP contribution in [0.4, 0.5) is 8.78 Å². The summed E-state index contributed by atoms with van der Waals surface area (Å²) in [6.07, 6.45) is 0. The molecule has 1 aliphatic rings. The number of piperazine rings is 1. The Labute approximate surface area is 124 Å². The third-order valence-electron chi connectivity index (χ3n) is 2.90. The number of amides is 1. The lowest BCUT2D eigenvalue weighted by atomic mass is 10.1. The Morgan fingerprint density at radius 1 is 1.42 bits per heavy atom. The zero-order valence-electron chi connectivity index (χ0n) is 10.3. The predicted octanol–water partition coefficient (Wildman–Crippen LogP) is 2.58. The number of carbonyl (C=O) groups is 1. The van der Waals surface area contributed by atoms with Crippen LogP contribution in [0.5, 0.6) is 0 Å². The molecule has 0 spiro atoms. The maximum Gasteiger partial charge on any atom is 0.255 e. The molecule has 2 rings (SSSR count). The topological polar surface area (TPSA) is 32.3 Å². The highest BCUT2D eigenvalue weighted by Crippen LogP contribution is 2.22. The highest BCUT2D eigenvalue weighted by molar-refractivity contribution is 9.10. The molecule has 1 N–H and O–H groups in total. The van der Waals surface area contributed by atoms with Gasteiger partial charge in [0.15, 0.2) is 11.6 Å². The van der Waals surface area contributed by atoms with Gasteiger partial charge in [0.1, 0.15) is 0 Å². The van der Waals surface area contributed by atoms with E-state index in [4.69, 9.17) is 0 Å². The lowest BCUT2D eigenvalue weighted by Crippen LogP contribution is -2.51. The van der Waals surface area contributed by atoms with Gasteiger partial charge in [-0.15, -0.1) is 12.4 Å². The van der Waals surface area contributed by atoms with Gasteiger partial charge in [-0.1, -0.05) is 0 Å². The molecule has 1 fully saturated rings. The van der Waals surface area contributed by atoms with Crippen molar-refractivity contribution in [2.45, 2.75) is 13.0 Å². The quantitative estimate of drug-likeness (QED) is 0.785. The molecule has 1 heterocycles. The number of rotatable bonds is 1. The smallest absolute Gasteiger partial charge is 0.255 e. The van der Waals surface area contributed by atoms with Crippen LogP contribution in [0.25, 0.3) is 0 Å². The first-order chi connectivity index (χ1) is 8.49. The lowest BCUT2D eigenvalue weighted by molar-refractivity contribution is 0.0707.